The van der Waals surface area contributed by atoms with E-state index in [-0.39, 0.29) is 17.0 Å². The Bertz CT molecular complexity index is 671. The Morgan fingerprint density at radius 2 is 1.68 bits per heavy atom. The highest BCUT2D eigenvalue weighted by Crippen LogP contribution is 2.47. The van der Waals surface area contributed by atoms with Crippen molar-refractivity contribution >= 4 is 11.3 Å². The molecule has 2 nitrogen and oxygen atoms in total. The highest BCUT2D eigenvalue weighted by molar-refractivity contribution is 7.10. The number of aliphatic hydroxyl groups is 1. The largest absolute Gasteiger partial charge is 1.00 e. The van der Waals surface area contributed by atoms with Gasteiger partial charge in [0.05, 0.1) is 26.2 Å². The molecule has 2 aromatic rings. The Morgan fingerprint density at radius 3 is 2.24 bits per heavy atom. The number of hydrogen-bond acceptors (Lipinski definition) is 2. The molecule has 0 saturated carbocycles. The van der Waals surface area contributed by atoms with Gasteiger partial charge in [0.15, 0.2) is 0 Å². The fourth-order valence-corrected chi connectivity index (χ4v) is 6.02. The monoisotopic (exact) mass is 421 g/mol. The van der Waals surface area contributed by atoms with Gasteiger partial charge in [-0.1, -0.05) is 36.4 Å². The number of fused-ring (bicyclic) bond motifs is 2. The number of benzene rings is 1. The van der Waals surface area contributed by atoms with Crippen LogP contribution in [0.1, 0.15) is 42.5 Å². The molecule has 0 aliphatic carbocycles. The van der Waals surface area contributed by atoms with Gasteiger partial charge in [-0.25, -0.2) is 0 Å². The molecule has 3 atom stereocenters. The molecule has 0 radical (unpaired) electrons. The second-order valence-corrected chi connectivity index (χ2v) is 9.21. The van der Waals surface area contributed by atoms with Gasteiger partial charge >= 0.3 is 0 Å². The van der Waals surface area contributed by atoms with Crippen molar-refractivity contribution in [1.29, 1.82) is 0 Å². The van der Waals surface area contributed by atoms with Crippen LogP contribution in [0, 0.1) is 5.92 Å². The predicted molar refractivity (Wildman–Crippen MR) is 100 cm³/mol. The van der Waals surface area contributed by atoms with Gasteiger partial charge in [-0.3, -0.25) is 0 Å². The number of quaternary nitrogens is 1. The molecule has 25 heavy (non-hydrogen) atoms. The van der Waals surface area contributed by atoms with Crippen molar-refractivity contribution in [2.24, 2.45) is 5.92 Å². The van der Waals surface area contributed by atoms with Gasteiger partial charge in [0.2, 0.25) is 0 Å². The average Bonchev–Trinajstić information content (AvgIpc) is 3.13. The molecule has 0 spiro atoms. The van der Waals surface area contributed by atoms with Crippen molar-refractivity contribution in [2.45, 2.75) is 49.8 Å². The number of halogens is 1. The fraction of sp³-hybridized carbons (Fsp3) is 0.524. The van der Waals surface area contributed by atoms with Crippen LogP contribution in [0.4, 0.5) is 0 Å². The molecule has 136 valence electrons. The second-order valence-electron chi connectivity index (χ2n) is 8.26. The first-order valence-electron chi connectivity index (χ1n) is 9.15. The maximum Gasteiger partial charge on any atom is 0.124 e. The summed E-state index contributed by atoms with van der Waals surface area (Å²) >= 11 is 1.68. The van der Waals surface area contributed by atoms with Crippen molar-refractivity contribution in [2.75, 3.05) is 14.1 Å². The summed E-state index contributed by atoms with van der Waals surface area (Å²) in [6.45, 7) is 0. The van der Waals surface area contributed by atoms with Gasteiger partial charge in [0.1, 0.15) is 5.60 Å². The summed E-state index contributed by atoms with van der Waals surface area (Å²) in [7, 11) is 4.81. The average molecular weight is 422 g/mol. The molecule has 1 aromatic carbocycles. The molecule has 4 heteroatoms. The van der Waals surface area contributed by atoms with E-state index >= 15 is 0 Å². The van der Waals surface area contributed by atoms with E-state index in [1.807, 2.05) is 18.2 Å². The predicted octanol–water partition coefficient (Wildman–Crippen LogP) is 1.40. The highest BCUT2D eigenvalue weighted by Gasteiger charge is 2.50. The van der Waals surface area contributed by atoms with Gasteiger partial charge < -0.3 is 26.6 Å². The summed E-state index contributed by atoms with van der Waals surface area (Å²) in [6, 6.07) is 16.0. The van der Waals surface area contributed by atoms with Crippen LogP contribution in [0.3, 0.4) is 0 Å². The van der Waals surface area contributed by atoms with Crippen molar-refractivity contribution in [3.05, 3.63) is 58.3 Å². The molecule has 2 fully saturated rings. The Hall–Kier alpha value is -0.680. The topological polar surface area (TPSA) is 20.2 Å². The maximum absolute atomic E-state index is 11.7. The first-order chi connectivity index (χ1) is 11.5. The van der Waals surface area contributed by atoms with E-state index < -0.39 is 5.60 Å². The molecule has 3 heterocycles. The minimum absolute atomic E-state index is 0. The van der Waals surface area contributed by atoms with Gasteiger partial charge in [-0.2, -0.15) is 0 Å². The minimum Gasteiger partial charge on any atom is -1.00 e. The van der Waals surface area contributed by atoms with Crippen LogP contribution in [0.15, 0.2) is 47.8 Å². The Morgan fingerprint density at radius 1 is 1.04 bits per heavy atom. The van der Waals surface area contributed by atoms with Gasteiger partial charge in [-0.15, -0.1) is 11.3 Å². The van der Waals surface area contributed by atoms with Crippen LogP contribution in [0.2, 0.25) is 0 Å². The van der Waals surface area contributed by atoms with E-state index in [0.29, 0.717) is 5.92 Å². The molecule has 1 aromatic heterocycles. The van der Waals surface area contributed by atoms with Crippen LogP contribution in [0.25, 0.3) is 0 Å². The fourth-order valence-electron chi connectivity index (χ4n) is 5.17. The lowest BCUT2D eigenvalue weighted by Gasteiger charge is -2.45. The zero-order valence-corrected chi connectivity index (χ0v) is 17.5. The zero-order valence-electron chi connectivity index (χ0n) is 15.1. The van der Waals surface area contributed by atoms with Gasteiger partial charge in [0.25, 0.3) is 0 Å². The maximum atomic E-state index is 11.7. The Kier molecular flexibility index (Phi) is 5.46. The molecular formula is C21H28BrNOS. The third-order valence-corrected chi connectivity index (χ3v) is 7.71. The van der Waals surface area contributed by atoms with E-state index in [4.69, 9.17) is 0 Å². The summed E-state index contributed by atoms with van der Waals surface area (Å²) in [5.74, 6) is 0.612. The normalized spacial score (nSPS) is 29.6. The van der Waals surface area contributed by atoms with E-state index in [0.717, 1.165) is 28.9 Å². The first kappa shape index (κ1) is 19.1. The molecule has 2 aliphatic heterocycles. The lowest BCUT2D eigenvalue weighted by atomic mass is 9.77. The summed E-state index contributed by atoms with van der Waals surface area (Å²) in [5, 5.41) is 13.8. The van der Waals surface area contributed by atoms with Crippen molar-refractivity contribution in [3.8, 4) is 0 Å². The first-order valence-corrected chi connectivity index (χ1v) is 10.0. The SMILES string of the molecule is C[N+]1(C)C2CCC1CC(CC(O)(c1ccccc1)c1cccs1)C2.[Br-]. The highest BCUT2D eigenvalue weighted by atomic mass is 79.9. The number of nitrogens with zero attached hydrogens (tertiary/aromatic N) is 1. The van der Waals surface area contributed by atoms with Crippen molar-refractivity contribution < 1.29 is 26.6 Å². The summed E-state index contributed by atoms with van der Waals surface area (Å²) in [5.41, 5.74) is 0.202. The smallest absolute Gasteiger partial charge is 0.124 e. The van der Waals surface area contributed by atoms with Crippen LogP contribution >= 0.6 is 11.3 Å². The van der Waals surface area contributed by atoms with Crippen LogP contribution < -0.4 is 17.0 Å². The molecular weight excluding hydrogens is 394 g/mol. The van der Waals surface area contributed by atoms with Gasteiger partial charge in [0, 0.05) is 30.6 Å². The number of piperidine rings is 1. The van der Waals surface area contributed by atoms with E-state index in [1.165, 1.54) is 30.2 Å². The molecule has 2 aliphatic rings. The number of rotatable bonds is 4. The molecule has 0 amide bonds. The third kappa shape index (κ3) is 3.34. The van der Waals surface area contributed by atoms with E-state index in [2.05, 4.69) is 43.7 Å². The van der Waals surface area contributed by atoms with E-state index in [9.17, 15) is 5.11 Å². The third-order valence-electron chi connectivity index (χ3n) is 6.69. The standard InChI is InChI=1S/C21H28NOS.BrH/c1-22(2)18-10-11-19(22)14-16(13-18)15-21(23,20-9-6-12-24-20)17-7-4-3-5-8-17;/h3-9,12,16,18-19,23H,10-11,13-15H2,1-2H3;1H/q+1;/p-1. The Labute approximate surface area is 165 Å². The van der Waals surface area contributed by atoms with Crippen molar-refractivity contribution in [1.82, 2.24) is 0 Å². The van der Waals surface area contributed by atoms with Crippen molar-refractivity contribution in [3.63, 3.8) is 0 Å². The van der Waals surface area contributed by atoms with E-state index in [1.54, 1.807) is 11.3 Å². The quantitative estimate of drug-likeness (QED) is 0.739. The minimum atomic E-state index is -0.839. The molecule has 2 saturated heterocycles. The van der Waals surface area contributed by atoms with Crippen LogP contribution in [-0.4, -0.2) is 35.8 Å². The summed E-state index contributed by atoms with van der Waals surface area (Å²) in [6.07, 6.45) is 6.08. The summed E-state index contributed by atoms with van der Waals surface area (Å²) < 4.78 is 1.19. The number of thiophene rings is 1. The second kappa shape index (κ2) is 7.15. The lowest BCUT2D eigenvalue weighted by Crippen LogP contribution is -3.00. The molecule has 1 N–H and O–H groups in total. The zero-order chi connectivity index (χ0) is 16.8. The molecule has 4 rings (SSSR count). The lowest BCUT2D eigenvalue weighted by molar-refractivity contribution is -0.931. The molecule has 3 unspecified atom stereocenters. The van der Waals surface area contributed by atoms with Crippen LogP contribution in [-0.2, 0) is 5.60 Å². The molecule has 2 bridgehead atoms. The summed E-state index contributed by atoms with van der Waals surface area (Å²) in [4.78, 5) is 1.08. The van der Waals surface area contributed by atoms with Gasteiger partial charge in [-0.05, 0) is 29.3 Å². The number of hydrogen-bond donors (Lipinski definition) is 1. The van der Waals surface area contributed by atoms with Crippen LogP contribution in [0.5, 0.6) is 0 Å². The Balaban J connectivity index is 0.00000182.